The van der Waals surface area contributed by atoms with Crippen LogP contribution in [0.15, 0.2) is 12.1 Å². The van der Waals surface area contributed by atoms with Crippen molar-refractivity contribution < 1.29 is 19.0 Å². The van der Waals surface area contributed by atoms with Crippen molar-refractivity contribution in [1.29, 1.82) is 0 Å². The SMILES string of the molecule is COc1cc(C(=O)OC(C)C)cc(Cl)c1OC. The zero-order valence-electron chi connectivity index (χ0n) is 10.2. The molecular weight excluding hydrogens is 244 g/mol. The lowest BCUT2D eigenvalue weighted by molar-refractivity contribution is 0.0377. The Morgan fingerprint density at radius 2 is 1.88 bits per heavy atom. The minimum atomic E-state index is -0.442. The third kappa shape index (κ3) is 3.27. The number of esters is 1. The van der Waals surface area contributed by atoms with Crippen molar-refractivity contribution in [2.75, 3.05) is 14.2 Å². The first-order valence-electron chi connectivity index (χ1n) is 5.12. The van der Waals surface area contributed by atoms with Gasteiger partial charge in [0.2, 0.25) is 0 Å². The van der Waals surface area contributed by atoms with Crippen LogP contribution in [-0.4, -0.2) is 26.3 Å². The summed E-state index contributed by atoms with van der Waals surface area (Å²) in [6, 6.07) is 3.03. The van der Waals surface area contributed by atoms with Gasteiger partial charge in [0.05, 0.1) is 30.9 Å². The van der Waals surface area contributed by atoms with E-state index in [4.69, 9.17) is 25.8 Å². The molecule has 4 nitrogen and oxygen atoms in total. The number of methoxy groups -OCH3 is 2. The summed E-state index contributed by atoms with van der Waals surface area (Å²) in [4.78, 5) is 11.7. The highest BCUT2D eigenvalue weighted by atomic mass is 35.5. The lowest BCUT2D eigenvalue weighted by Gasteiger charge is -2.12. The number of hydrogen-bond donors (Lipinski definition) is 0. The molecule has 0 saturated heterocycles. The zero-order chi connectivity index (χ0) is 13.0. The molecule has 0 heterocycles. The van der Waals surface area contributed by atoms with Gasteiger partial charge in [-0.2, -0.15) is 0 Å². The van der Waals surface area contributed by atoms with Crippen LogP contribution < -0.4 is 9.47 Å². The van der Waals surface area contributed by atoms with Gasteiger partial charge in [0, 0.05) is 0 Å². The molecule has 0 fully saturated rings. The zero-order valence-corrected chi connectivity index (χ0v) is 11.0. The van der Waals surface area contributed by atoms with Crippen LogP contribution in [0.1, 0.15) is 24.2 Å². The van der Waals surface area contributed by atoms with Crippen molar-refractivity contribution in [2.24, 2.45) is 0 Å². The fourth-order valence-corrected chi connectivity index (χ4v) is 1.61. The Labute approximate surface area is 105 Å². The number of carbonyl (C=O) groups is 1. The van der Waals surface area contributed by atoms with Gasteiger partial charge >= 0.3 is 5.97 Å². The molecule has 0 spiro atoms. The summed E-state index contributed by atoms with van der Waals surface area (Å²) in [5, 5.41) is 0.308. The van der Waals surface area contributed by atoms with Crippen LogP contribution in [0.3, 0.4) is 0 Å². The van der Waals surface area contributed by atoms with Crippen molar-refractivity contribution >= 4 is 17.6 Å². The highest BCUT2D eigenvalue weighted by Gasteiger charge is 2.16. The Morgan fingerprint density at radius 3 is 2.35 bits per heavy atom. The maximum atomic E-state index is 11.7. The molecule has 0 amide bonds. The summed E-state index contributed by atoms with van der Waals surface area (Å²) in [6.45, 7) is 3.56. The lowest BCUT2D eigenvalue weighted by atomic mass is 10.2. The average molecular weight is 259 g/mol. The van der Waals surface area contributed by atoms with Crippen molar-refractivity contribution in [3.05, 3.63) is 22.7 Å². The number of hydrogen-bond acceptors (Lipinski definition) is 4. The average Bonchev–Trinajstić information content (AvgIpc) is 2.26. The molecule has 1 rings (SSSR count). The normalized spacial score (nSPS) is 10.2. The number of carbonyl (C=O) groups excluding carboxylic acids is 1. The Bertz CT molecular complexity index is 415. The summed E-state index contributed by atoms with van der Waals surface area (Å²) >= 11 is 5.98. The summed E-state index contributed by atoms with van der Waals surface area (Å²) < 4.78 is 15.2. The molecule has 17 heavy (non-hydrogen) atoms. The second-order valence-corrected chi connectivity index (χ2v) is 4.05. The van der Waals surface area contributed by atoms with Crippen LogP contribution in [0.5, 0.6) is 11.5 Å². The maximum absolute atomic E-state index is 11.7. The van der Waals surface area contributed by atoms with Gasteiger partial charge in [-0.05, 0) is 26.0 Å². The van der Waals surface area contributed by atoms with E-state index in [-0.39, 0.29) is 6.10 Å². The number of benzene rings is 1. The van der Waals surface area contributed by atoms with E-state index >= 15 is 0 Å². The van der Waals surface area contributed by atoms with Crippen LogP contribution in [0, 0.1) is 0 Å². The van der Waals surface area contributed by atoms with Gasteiger partial charge in [0.15, 0.2) is 11.5 Å². The molecule has 0 unspecified atom stereocenters. The minimum absolute atomic E-state index is 0.186. The first-order valence-corrected chi connectivity index (χ1v) is 5.50. The van der Waals surface area contributed by atoms with E-state index in [0.717, 1.165) is 0 Å². The molecule has 0 aliphatic heterocycles. The van der Waals surface area contributed by atoms with Gasteiger partial charge in [-0.1, -0.05) is 11.6 Å². The minimum Gasteiger partial charge on any atom is -0.493 e. The molecule has 0 radical (unpaired) electrons. The maximum Gasteiger partial charge on any atom is 0.338 e. The summed E-state index contributed by atoms with van der Waals surface area (Å²) in [5.41, 5.74) is 0.335. The second-order valence-electron chi connectivity index (χ2n) is 3.65. The number of halogens is 1. The van der Waals surface area contributed by atoms with E-state index in [1.807, 2.05) is 0 Å². The highest BCUT2D eigenvalue weighted by molar-refractivity contribution is 6.32. The molecule has 0 aliphatic carbocycles. The van der Waals surface area contributed by atoms with Crippen molar-refractivity contribution in [2.45, 2.75) is 20.0 Å². The van der Waals surface area contributed by atoms with Crippen LogP contribution in [0.25, 0.3) is 0 Å². The predicted molar refractivity (Wildman–Crippen MR) is 65.1 cm³/mol. The predicted octanol–water partition coefficient (Wildman–Crippen LogP) is 2.92. The third-order valence-corrected chi connectivity index (χ3v) is 2.29. The van der Waals surface area contributed by atoms with Gasteiger partial charge in [-0.15, -0.1) is 0 Å². The van der Waals surface area contributed by atoms with Crippen molar-refractivity contribution in [3.63, 3.8) is 0 Å². The van der Waals surface area contributed by atoms with E-state index < -0.39 is 5.97 Å². The Kier molecular flexibility index (Phi) is 4.63. The molecule has 1 aromatic rings. The van der Waals surface area contributed by atoms with Gasteiger partial charge < -0.3 is 14.2 Å². The van der Waals surface area contributed by atoms with E-state index in [1.54, 1.807) is 13.8 Å². The first kappa shape index (κ1) is 13.6. The van der Waals surface area contributed by atoms with Gasteiger partial charge in [0.1, 0.15) is 0 Å². The Morgan fingerprint density at radius 1 is 1.24 bits per heavy atom. The molecule has 0 bridgehead atoms. The van der Waals surface area contributed by atoms with Gasteiger partial charge in [-0.3, -0.25) is 0 Å². The molecule has 1 aromatic carbocycles. The van der Waals surface area contributed by atoms with E-state index in [2.05, 4.69) is 0 Å². The largest absolute Gasteiger partial charge is 0.493 e. The summed E-state index contributed by atoms with van der Waals surface area (Å²) in [7, 11) is 2.96. The smallest absolute Gasteiger partial charge is 0.338 e. The van der Waals surface area contributed by atoms with E-state index in [0.29, 0.717) is 22.1 Å². The Hall–Kier alpha value is -1.42. The molecule has 0 aromatic heterocycles. The standard InChI is InChI=1S/C12H15ClO4/c1-7(2)17-12(14)8-5-9(13)11(16-4)10(6-8)15-3/h5-7H,1-4H3. The molecular formula is C12H15ClO4. The quantitative estimate of drug-likeness (QED) is 0.779. The lowest BCUT2D eigenvalue weighted by Crippen LogP contribution is -2.11. The van der Waals surface area contributed by atoms with Crippen LogP contribution in [-0.2, 0) is 4.74 Å². The fraction of sp³-hybridized carbons (Fsp3) is 0.417. The summed E-state index contributed by atoms with van der Waals surface area (Å²) in [5.74, 6) is 0.355. The third-order valence-electron chi connectivity index (χ3n) is 2.01. The van der Waals surface area contributed by atoms with Crippen LogP contribution >= 0.6 is 11.6 Å². The van der Waals surface area contributed by atoms with E-state index in [1.165, 1.54) is 26.4 Å². The first-order chi connectivity index (χ1) is 7.99. The van der Waals surface area contributed by atoms with Gasteiger partial charge in [0.25, 0.3) is 0 Å². The highest BCUT2D eigenvalue weighted by Crippen LogP contribution is 2.36. The monoisotopic (exact) mass is 258 g/mol. The molecule has 0 aliphatic rings. The van der Waals surface area contributed by atoms with Crippen LogP contribution in [0.2, 0.25) is 5.02 Å². The van der Waals surface area contributed by atoms with Crippen molar-refractivity contribution in [3.8, 4) is 11.5 Å². The molecule has 0 N–H and O–H groups in total. The van der Waals surface area contributed by atoms with Crippen molar-refractivity contribution in [1.82, 2.24) is 0 Å². The molecule has 0 atom stereocenters. The second kappa shape index (κ2) is 5.77. The number of ether oxygens (including phenoxy) is 3. The Balaban J connectivity index is 3.11. The van der Waals surface area contributed by atoms with E-state index in [9.17, 15) is 4.79 Å². The summed E-state index contributed by atoms with van der Waals surface area (Å²) in [6.07, 6.45) is -0.186. The van der Waals surface area contributed by atoms with Crippen LogP contribution in [0.4, 0.5) is 0 Å². The molecule has 94 valence electrons. The number of rotatable bonds is 4. The fourth-order valence-electron chi connectivity index (χ4n) is 1.32. The molecule has 0 saturated carbocycles. The molecule has 5 heteroatoms. The topological polar surface area (TPSA) is 44.8 Å². The van der Waals surface area contributed by atoms with Gasteiger partial charge in [-0.25, -0.2) is 4.79 Å².